The van der Waals surface area contributed by atoms with Crippen molar-refractivity contribution in [3.63, 3.8) is 0 Å². The van der Waals surface area contributed by atoms with Crippen LogP contribution in [0.5, 0.6) is 0 Å². The minimum Gasteiger partial charge on any atom is -0.464 e. The first kappa shape index (κ1) is 24.3. The Balaban J connectivity index is 1.30. The maximum atomic E-state index is 13.2. The second-order valence-electron chi connectivity index (χ2n) is 10.7. The Morgan fingerprint density at radius 1 is 1.06 bits per heavy atom. The first-order chi connectivity index (χ1) is 17.2. The molecule has 7 nitrogen and oxygen atoms in total. The molecule has 0 radical (unpaired) electrons. The zero-order valence-corrected chi connectivity index (χ0v) is 21.5. The molecule has 1 saturated heterocycles. The summed E-state index contributed by atoms with van der Waals surface area (Å²) in [5.74, 6) is -0.0334. The molecule has 4 heterocycles. The number of amides is 1. The van der Waals surface area contributed by atoms with Crippen molar-refractivity contribution in [3.8, 4) is 0 Å². The van der Waals surface area contributed by atoms with Gasteiger partial charge in [-0.3, -0.25) is 14.7 Å². The number of fused-ring (bicyclic) bond motifs is 2. The number of aryl methyl sites for hydroxylation is 1. The molecule has 1 aliphatic heterocycles. The zero-order chi connectivity index (χ0) is 25.4. The quantitative estimate of drug-likeness (QED) is 0.387. The van der Waals surface area contributed by atoms with Gasteiger partial charge in [-0.1, -0.05) is 26.8 Å². The summed E-state index contributed by atoms with van der Waals surface area (Å²) >= 11 is 0. The van der Waals surface area contributed by atoms with Crippen LogP contribution in [0.2, 0.25) is 0 Å². The third-order valence-corrected chi connectivity index (χ3v) is 7.25. The first-order valence-electron chi connectivity index (χ1n) is 12.6. The van der Waals surface area contributed by atoms with Crippen LogP contribution >= 0.6 is 0 Å². The summed E-state index contributed by atoms with van der Waals surface area (Å²) in [6, 6.07) is 9.78. The van der Waals surface area contributed by atoms with Gasteiger partial charge in [0.25, 0.3) is 0 Å². The minimum atomic E-state index is -0.454. The van der Waals surface area contributed by atoms with Crippen molar-refractivity contribution in [2.75, 3.05) is 32.7 Å². The maximum absolute atomic E-state index is 13.2. The van der Waals surface area contributed by atoms with Gasteiger partial charge in [0.15, 0.2) is 0 Å². The molecule has 1 aliphatic rings. The smallest absolute Gasteiger partial charge is 0.340 e. The number of hydrogen-bond acceptors (Lipinski definition) is 6. The van der Waals surface area contributed by atoms with Crippen molar-refractivity contribution < 1.29 is 13.6 Å². The molecule has 4 aromatic rings. The third-order valence-electron chi connectivity index (χ3n) is 7.25. The summed E-state index contributed by atoms with van der Waals surface area (Å²) in [5, 5.41) is 1.85. The average molecular weight is 488 g/mol. The average Bonchev–Trinajstić information content (AvgIpc) is 3.28. The fourth-order valence-electron chi connectivity index (χ4n) is 5.00. The van der Waals surface area contributed by atoms with Gasteiger partial charge in [-0.05, 0) is 36.1 Å². The fourth-order valence-corrected chi connectivity index (χ4v) is 5.00. The molecule has 0 spiro atoms. The third kappa shape index (κ3) is 4.80. The number of furan rings is 1. The summed E-state index contributed by atoms with van der Waals surface area (Å²) < 4.78 is 11.4. The Labute approximate surface area is 210 Å². The van der Waals surface area contributed by atoms with Crippen LogP contribution in [0, 0.1) is 6.92 Å². The van der Waals surface area contributed by atoms with Crippen LogP contribution in [0.3, 0.4) is 0 Å². The topological polar surface area (TPSA) is 79.8 Å². The molecule has 0 aliphatic carbocycles. The number of nitrogens with zero attached hydrogens (tertiary/aromatic N) is 3. The second-order valence-corrected chi connectivity index (χ2v) is 10.7. The highest BCUT2D eigenvalue weighted by Gasteiger charge is 2.25. The number of hydrogen-bond donors (Lipinski definition) is 0. The predicted octanol–water partition coefficient (Wildman–Crippen LogP) is 4.47. The van der Waals surface area contributed by atoms with Crippen molar-refractivity contribution >= 4 is 27.8 Å². The van der Waals surface area contributed by atoms with E-state index in [2.05, 4.69) is 30.7 Å². The van der Waals surface area contributed by atoms with Crippen LogP contribution in [0.15, 0.2) is 56.4 Å². The number of benzene rings is 1. The molecule has 1 fully saturated rings. The lowest BCUT2D eigenvalue weighted by molar-refractivity contribution is -0.132. The van der Waals surface area contributed by atoms with Gasteiger partial charge >= 0.3 is 5.63 Å². The molecular formula is C29H33N3O4. The minimum absolute atomic E-state index is 0.0334. The van der Waals surface area contributed by atoms with Crippen LogP contribution in [0.1, 0.15) is 43.2 Å². The standard InChI is InChI=1S/C29H33N3O4/c1-19-21-15-23-24(29(2,3)4)18-35-25(23)17-26(21)36-28(34)22(19)16-27(33)32-13-11-31(12-14-32)10-8-20-7-5-6-9-30-20/h5-7,9,15,17-18H,8,10-14,16H2,1-4H3. The van der Waals surface area contributed by atoms with Crippen molar-refractivity contribution in [2.45, 2.75) is 46.0 Å². The molecule has 0 N–H and O–H groups in total. The second kappa shape index (κ2) is 9.54. The zero-order valence-electron chi connectivity index (χ0n) is 21.5. The lowest BCUT2D eigenvalue weighted by atomic mass is 9.86. The molecule has 1 aromatic carbocycles. The number of piperazine rings is 1. The van der Waals surface area contributed by atoms with Gasteiger partial charge in [0.2, 0.25) is 5.91 Å². The Hall–Kier alpha value is -3.45. The van der Waals surface area contributed by atoms with Crippen LogP contribution in [0.4, 0.5) is 0 Å². The van der Waals surface area contributed by atoms with E-state index >= 15 is 0 Å². The first-order valence-corrected chi connectivity index (χ1v) is 12.6. The fraction of sp³-hybridized carbons (Fsp3) is 0.414. The van der Waals surface area contributed by atoms with Crippen LogP contribution < -0.4 is 5.63 Å². The number of carbonyl (C=O) groups excluding carboxylic acids is 1. The summed E-state index contributed by atoms with van der Waals surface area (Å²) in [7, 11) is 0. The Morgan fingerprint density at radius 2 is 1.83 bits per heavy atom. The van der Waals surface area contributed by atoms with Crippen molar-refractivity contribution in [2.24, 2.45) is 0 Å². The monoisotopic (exact) mass is 487 g/mol. The van der Waals surface area contributed by atoms with Crippen molar-refractivity contribution in [3.05, 3.63) is 75.6 Å². The molecule has 0 atom stereocenters. The van der Waals surface area contributed by atoms with E-state index in [0.717, 1.165) is 53.6 Å². The van der Waals surface area contributed by atoms with Crippen LogP contribution in [-0.2, 0) is 23.1 Å². The van der Waals surface area contributed by atoms with Gasteiger partial charge in [-0.15, -0.1) is 0 Å². The maximum Gasteiger partial charge on any atom is 0.340 e. The number of pyridine rings is 1. The van der Waals surface area contributed by atoms with Gasteiger partial charge in [0.1, 0.15) is 11.2 Å². The normalized spacial score (nSPS) is 15.2. The van der Waals surface area contributed by atoms with Crippen LogP contribution in [-0.4, -0.2) is 53.4 Å². The van der Waals surface area contributed by atoms with Gasteiger partial charge < -0.3 is 13.7 Å². The van der Waals surface area contributed by atoms with E-state index < -0.39 is 5.63 Å². The van der Waals surface area contributed by atoms with Crippen molar-refractivity contribution in [1.29, 1.82) is 0 Å². The Bertz CT molecular complexity index is 1460. The van der Waals surface area contributed by atoms with Crippen molar-refractivity contribution in [1.82, 2.24) is 14.8 Å². The molecule has 188 valence electrons. The SMILES string of the molecule is Cc1c(CC(=O)N2CCN(CCc3ccccn3)CC2)c(=O)oc2cc3occ(C(C)(C)C)c3cc12. The van der Waals surface area contributed by atoms with Gasteiger partial charge in [-0.2, -0.15) is 0 Å². The van der Waals surface area contributed by atoms with E-state index in [9.17, 15) is 9.59 Å². The predicted molar refractivity (Wildman–Crippen MR) is 140 cm³/mol. The molecule has 3 aromatic heterocycles. The highest BCUT2D eigenvalue weighted by atomic mass is 16.4. The molecule has 0 unspecified atom stereocenters. The summed E-state index contributed by atoms with van der Waals surface area (Å²) in [4.78, 5) is 34.6. The summed E-state index contributed by atoms with van der Waals surface area (Å²) in [6.07, 6.45) is 4.54. The lowest BCUT2D eigenvalue weighted by Gasteiger charge is -2.34. The molecule has 0 saturated carbocycles. The van der Waals surface area contributed by atoms with E-state index in [4.69, 9.17) is 8.83 Å². The van der Waals surface area contributed by atoms with Crippen LogP contribution in [0.25, 0.3) is 21.9 Å². The van der Waals surface area contributed by atoms with E-state index in [1.807, 2.05) is 42.3 Å². The molecule has 36 heavy (non-hydrogen) atoms. The molecular weight excluding hydrogens is 454 g/mol. The van der Waals surface area contributed by atoms with E-state index in [-0.39, 0.29) is 17.7 Å². The summed E-state index contributed by atoms with van der Waals surface area (Å²) in [6.45, 7) is 12.2. The molecule has 0 bridgehead atoms. The lowest BCUT2D eigenvalue weighted by Crippen LogP contribution is -2.49. The van der Waals surface area contributed by atoms with Gasteiger partial charge in [0, 0.05) is 73.4 Å². The molecule has 5 rings (SSSR count). The number of carbonyl (C=O) groups is 1. The van der Waals surface area contributed by atoms with E-state index in [0.29, 0.717) is 29.8 Å². The Kier molecular flexibility index (Phi) is 6.43. The molecule has 7 heteroatoms. The van der Waals surface area contributed by atoms with Gasteiger partial charge in [-0.25, -0.2) is 4.79 Å². The summed E-state index contributed by atoms with van der Waals surface area (Å²) in [5.41, 5.74) is 4.06. The molecule has 1 amide bonds. The number of aromatic nitrogens is 1. The highest BCUT2D eigenvalue weighted by molar-refractivity contribution is 5.97. The van der Waals surface area contributed by atoms with Gasteiger partial charge in [0.05, 0.1) is 18.2 Å². The largest absolute Gasteiger partial charge is 0.464 e. The highest BCUT2D eigenvalue weighted by Crippen LogP contribution is 2.35. The number of rotatable bonds is 5. The van der Waals surface area contributed by atoms with E-state index in [1.165, 1.54) is 0 Å². The van der Waals surface area contributed by atoms with E-state index in [1.54, 1.807) is 12.3 Å². The Morgan fingerprint density at radius 3 is 2.53 bits per heavy atom.